The average Bonchev–Trinajstić information content (AvgIpc) is 2.59. The summed E-state index contributed by atoms with van der Waals surface area (Å²) in [6, 6.07) is 6.10. The van der Waals surface area contributed by atoms with Crippen molar-refractivity contribution >= 4 is 11.6 Å². The van der Waals surface area contributed by atoms with E-state index in [1.807, 2.05) is 0 Å². The fourth-order valence-electron chi connectivity index (χ4n) is 2.71. The van der Waals surface area contributed by atoms with Crippen molar-refractivity contribution in [1.82, 2.24) is 0 Å². The Hall–Kier alpha value is -0.900. The quantitative estimate of drug-likeness (QED) is 0.718. The van der Waals surface area contributed by atoms with Gasteiger partial charge in [-0.1, -0.05) is 19.1 Å². The van der Waals surface area contributed by atoms with Crippen LogP contribution in [0.3, 0.4) is 0 Å². The van der Waals surface area contributed by atoms with Crippen LogP contribution >= 0.6 is 11.6 Å². The Bertz CT molecular complexity index is 429. The summed E-state index contributed by atoms with van der Waals surface area (Å²) in [6.45, 7) is 2.18. The second-order valence-corrected chi connectivity index (χ2v) is 6.14. The lowest BCUT2D eigenvalue weighted by Gasteiger charge is -2.23. The summed E-state index contributed by atoms with van der Waals surface area (Å²) in [5, 5.41) is 0.220. The highest BCUT2D eigenvalue weighted by Gasteiger charge is 2.34. The maximum atomic E-state index is 12.0. The average molecular weight is 293 g/mol. The van der Waals surface area contributed by atoms with E-state index < -0.39 is 6.36 Å². The molecule has 5 heteroatoms. The monoisotopic (exact) mass is 292 g/mol. The van der Waals surface area contributed by atoms with Gasteiger partial charge in [-0.15, -0.1) is 24.8 Å². The van der Waals surface area contributed by atoms with Gasteiger partial charge in [-0.3, -0.25) is 0 Å². The van der Waals surface area contributed by atoms with Crippen molar-refractivity contribution < 1.29 is 17.9 Å². The van der Waals surface area contributed by atoms with E-state index in [1.165, 1.54) is 12.1 Å². The summed E-state index contributed by atoms with van der Waals surface area (Å²) in [5.74, 6) is -0.178. The normalized spacial score (nSPS) is 27.5. The van der Waals surface area contributed by atoms with E-state index in [2.05, 4.69) is 11.7 Å². The standard InChI is InChI=1S/C14H16ClF3O/c1-13(7-6-11(15)9-13)8-10-2-4-12(5-3-10)19-14(16,17)18/h2-5,11H,6-9H2,1H3. The van der Waals surface area contributed by atoms with Crippen molar-refractivity contribution in [2.24, 2.45) is 5.41 Å². The molecule has 0 aromatic heterocycles. The van der Waals surface area contributed by atoms with Gasteiger partial charge in [0.05, 0.1) is 0 Å². The van der Waals surface area contributed by atoms with E-state index in [9.17, 15) is 13.2 Å². The smallest absolute Gasteiger partial charge is 0.406 e. The van der Waals surface area contributed by atoms with Crippen molar-refractivity contribution in [3.8, 4) is 5.75 Å². The third kappa shape index (κ3) is 4.30. The predicted octanol–water partition coefficient (Wildman–Crippen LogP) is 4.93. The minimum atomic E-state index is -4.63. The second kappa shape index (κ2) is 5.23. The molecule has 106 valence electrons. The van der Waals surface area contributed by atoms with Crippen LogP contribution in [-0.4, -0.2) is 11.7 Å². The molecule has 0 saturated heterocycles. The van der Waals surface area contributed by atoms with Gasteiger partial charge in [-0.2, -0.15) is 0 Å². The number of hydrogen-bond acceptors (Lipinski definition) is 1. The number of alkyl halides is 4. The van der Waals surface area contributed by atoms with Crippen LogP contribution < -0.4 is 4.74 Å². The zero-order chi connectivity index (χ0) is 14.1. The molecular weight excluding hydrogens is 277 g/mol. The van der Waals surface area contributed by atoms with Crippen LogP contribution in [0, 0.1) is 5.41 Å². The fourth-order valence-corrected chi connectivity index (χ4v) is 3.19. The Morgan fingerprint density at radius 2 is 1.95 bits per heavy atom. The molecule has 1 aliphatic rings. The summed E-state index contributed by atoms with van der Waals surface area (Å²) in [5.41, 5.74) is 1.17. The van der Waals surface area contributed by atoms with Crippen molar-refractivity contribution in [3.05, 3.63) is 29.8 Å². The summed E-state index contributed by atoms with van der Waals surface area (Å²) < 4.78 is 40.0. The van der Waals surface area contributed by atoms with Gasteiger partial charge in [-0.25, -0.2) is 0 Å². The molecule has 1 fully saturated rings. The number of benzene rings is 1. The Morgan fingerprint density at radius 3 is 2.42 bits per heavy atom. The SMILES string of the molecule is CC1(Cc2ccc(OC(F)(F)F)cc2)CCC(Cl)C1. The third-order valence-corrected chi connectivity index (χ3v) is 3.94. The summed E-state index contributed by atoms with van der Waals surface area (Å²) >= 11 is 6.12. The van der Waals surface area contributed by atoms with E-state index in [0.717, 1.165) is 31.2 Å². The number of hydrogen-bond donors (Lipinski definition) is 0. The highest BCUT2D eigenvalue weighted by atomic mass is 35.5. The van der Waals surface area contributed by atoms with E-state index in [1.54, 1.807) is 12.1 Å². The first-order valence-electron chi connectivity index (χ1n) is 6.25. The third-order valence-electron chi connectivity index (χ3n) is 3.56. The molecule has 0 radical (unpaired) electrons. The lowest BCUT2D eigenvalue weighted by molar-refractivity contribution is -0.274. The molecule has 1 nitrogen and oxygen atoms in total. The van der Waals surface area contributed by atoms with E-state index in [0.29, 0.717) is 0 Å². The lowest BCUT2D eigenvalue weighted by atomic mass is 9.82. The minimum Gasteiger partial charge on any atom is -0.406 e. The topological polar surface area (TPSA) is 9.23 Å². The molecule has 0 aliphatic heterocycles. The van der Waals surface area contributed by atoms with Crippen LogP contribution in [0.2, 0.25) is 0 Å². The van der Waals surface area contributed by atoms with Crippen LogP contribution in [0.5, 0.6) is 5.75 Å². The maximum Gasteiger partial charge on any atom is 0.573 e. The highest BCUT2D eigenvalue weighted by molar-refractivity contribution is 6.20. The minimum absolute atomic E-state index is 0.152. The molecule has 0 amide bonds. The Morgan fingerprint density at radius 1 is 1.32 bits per heavy atom. The first-order valence-corrected chi connectivity index (χ1v) is 6.68. The predicted molar refractivity (Wildman–Crippen MR) is 68.4 cm³/mol. The van der Waals surface area contributed by atoms with Crippen LogP contribution in [-0.2, 0) is 6.42 Å². The molecule has 0 bridgehead atoms. The zero-order valence-electron chi connectivity index (χ0n) is 10.6. The Balaban J connectivity index is 1.99. The molecule has 19 heavy (non-hydrogen) atoms. The molecule has 1 aromatic carbocycles. The van der Waals surface area contributed by atoms with Crippen LogP contribution in [0.1, 0.15) is 31.7 Å². The zero-order valence-corrected chi connectivity index (χ0v) is 11.4. The first kappa shape index (κ1) is 14.5. The molecule has 2 atom stereocenters. The molecule has 1 aromatic rings. The summed E-state index contributed by atoms with van der Waals surface area (Å²) in [7, 11) is 0. The lowest BCUT2D eigenvalue weighted by Crippen LogP contribution is -2.17. The fraction of sp³-hybridized carbons (Fsp3) is 0.571. The van der Waals surface area contributed by atoms with Gasteiger partial charge in [0.25, 0.3) is 0 Å². The Kier molecular flexibility index (Phi) is 4.00. The van der Waals surface area contributed by atoms with Gasteiger partial charge in [0.15, 0.2) is 0 Å². The molecular formula is C14H16ClF3O. The van der Waals surface area contributed by atoms with E-state index >= 15 is 0 Å². The van der Waals surface area contributed by atoms with Crippen molar-refractivity contribution in [3.63, 3.8) is 0 Å². The van der Waals surface area contributed by atoms with Gasteiger partial charge >= 0.3 is 6.36 Å². The van der Waals surface area contributed by atoms with Gasteiger partial charge in [0, 0.05) is 5.38 Å². The van der Waals surface area contributed by atoms with Gasteiger partial charge in [0.2, 0.25) is 0 Å². The molecule has 2 rings (SSSR count). The van der Waals surface area contributed by atoms with E-state index in [-0.39, 0.29) is 16.5 Å². The molecule has 0 spiro atoms. The van der Waals surface area contributed by atoms with Gasteiger partial charge < -0.3 is 4.74 Å². The second-order valence-electron chi connectivity index (χ2n) is 5.52. The number of ether oxygens (including phenoxy) is 1. The molecule has 0 N–H and O–H groups in total. The molecule has 1 saturated carbocycles. The maximum absolute atomic E-state index is 12.0. The largest absolute Gasteiger partial charge is 0.573 e. The highest BCUT2D eigenvalue weighted by Crippen LogP contribution is 2.42. The van der Waals surface area contributed by atoms with Crippen LogP contribution in [0.25, 0.3) is 0 Å². The summed E-state index contributed by atoms with van der Waals surface area (Å²) in [4.78, 5) is 0. The van der Waals surface area contributed by atoms with Crippen LogP contribution in [0.15, 0.2) is 24.3 Å². The van der Waals surface area contributed by atoms with Crippen molar-refractivity contribution in [2.45, 2.75) is 44.3 Å². The summed E-state index contributed by atoms with van der Waals surface area (Å²) in [6.07, 6.45) is -0.780. The Labute approximate surface area is 115 Å². The van der Waals surface area contributed by atoms with Gasteiger partial charge in [0.1, 0.15) is 5.75 Å². The number of halogens is 4. The number of rotatable bonds is 3. The van der Waals surface area contributed by atoms with Gasteiger partial charge in [-0.05, 0) is 48.8 Å². The first-order chi connectivity index (χ1) is 8.76. The van der Waals surface area contributed by atoms with Crippen molar-refractivity contribution in [1.29, 1.82) is 0 Å². The van der Waals surface area contributed by atoms with Crippen molar-refractivity contribution in [2.75, 3.05) is 0 Å². The van der Waals surface area contributed by atoms with E-state index in [4.69, 9.17) is 11.6 Å². The molecule has 0 heterocycles. The molecule has 2 unspecified atom stereocenters. The van der Waals surface area contributed by atoms with Crippen LogP contribution in [0.4, 0.5) is 13.2 Å². The molecule has 1 aliphatic carbocycles.